The minimum absolute atomic E-state index is 0.479. The quantitative estimate of drug-likeness (QED) is 0.679. The Bertz CT molecular complexity index is 315. The molecule has 3 heteroatoms. The number of hydrogen-bond donors (Lipinski definition) is 2. The van der Waals surface area contributed by atoms with Crippen LogP contribution >= 0.6 is 0 Å². The lowest BCUT2D eigenvalue weighted by atomic mass is 10.2. The molecule has 0 aromatic heterocycles. The molecule has 0 saturated carbocycles. The Morgan fingerprint density at radius 3 is 2.88 bits per heavy atom. The van der Waals surface area contributed by atoms with Gasteiger partial charge in [0.25, 0.3) is 0 Å². The summed E-state index contributed by atoms with van der Waals surface area (Å²) in [5.74, 6) is 0.918. The van der Waals surface area contributed by atoms with Crippen molar-refractivity contribution in [1.29, 1.82) is 0 Å². The molecule has 0 saturated heterocycles. The summed E-state index contributed by atoms with van der Waals surface area (Å²) in [4.78, 5) is 0. The lowest BCUT2D eigenvalue weighted by Crippen LogP contribution is -2.36. The maximum atomic E-state index is 5.20. The van der Waals surface area contributed by atoms with Crippen molar-refractivity contribution in [2.75, 3.05) is 20.2 Å². The van der Waals surface area contributed by atoms with Crippen molar-refractivity contribution in [1.82, 2.24) is 10.6 Å². The second kappa shape index (κ2) is 8.09. The summed E-state index contributed by atoms with van der Waals surface area (Å²) >= 11 is 0. The van der Waals surface area contributed by atoms with E-state index in [4.69, 9.17) is 4.74 Å². The van der Waals surface area contributed by atoms with Crippen molar-refractivity contribution in [3.63, 3.8) is 0 Å². The SMILES string of the molecule is CCCNCC(C)NCc1cccc(OC)c1. The van der Waals surface area contributed by atoms with E-state index in [-0.39, 0.29) is 0 Å². The fourth-order valence-electron chi connectivity index (χ4n) is 1.64. The lowest BCUT2D eigenvalue weighted by Gasteiger charge is -2.14. The van der Waals surface area contributed by atoms with Crippen molar-refractivity contribution in [3.05, 3.63) is 29.8 Å². The zero-order chi connectivity index (χ0) is 12.5. The monoisotopic (exact) mass is 236 g/mol. The van der Waals surface area contributed by atoms with E-state index < -0.39 is 0 Å². The van der Waals surface area contributed by atoms with Crippen molar-refractivity contribution < 1.29 is 4.74 Å². The van der Waals surface area contributed by atoms with E-state index in [1.807, 2.05) is 12.1 Å². The van der Waals surface area contributed by atoms with Crippen LogP contribution in [0.25, 0.3) is 0 Å². The maximum Gasteiger partial charge on any atom is 0.119 e. The second-order valence-electron chi connectivity index (χ2n) is 4.34. The molecule has 0 bridgehead atoms. The number of methoxy groups -OCH3 is 1. The molecule has 0 aliphatic rings. The Hall–Kier alpha value is -1.06. The summed E-state index contributed by atoms with van der Waals surface area (Å²) in [6.07, 6.45) is 1.18. The van der Waals surface area contributed by atoms with Gasteiger partial charge in [0.1, 0.15) is 5.75 Å². The summed E-state index contributed by atoms with van der Waals surface area (Å²) in [6.45, 7) is 7.36. The van der Waals surface area contributed by atoms with Gasteiger partial charge in [-0.2, -0.15) is 0 Å². The first-order valence-corrected chi connectivity index (χ1v) is 6.33. The third-order valence-corrected chi connectivity index (χ3v) is 2.67. The van der Waals surface area contributed by atoms with Crippen LogP contribution < -0.4 is 15.4 Å². The van der Waals surface area contributed by atoms with Gasteiger partial charge in [-0.15, -0.1) is 0 Å². The normalized spacial score (nSPS) is 12.4. The van der Waals surface area contributed by atoms with Gasteiger partial charge in [0, 0.05) is 19.1 Å². The van der Waals surface area contributed by atoms with E-state index in [0.717, 1.165) is 25.4 Å². The number of rotatable bonds is 8. The molecule has 1 unspecified atom stereocenters. The molecule has 1 aromatic carbocycles. The van der Waals surface area contributed by atoms with Gasteiger partial charge in [-0.05, 0) is 37.6 Å². The first-order chi connectivity index (χ1) is 8.26. The molecule has 0 spiro atoms. The standard InChI is InChI=1S/C14H24N2O/c1-4-8-15-10-12(2)16-11-13-6-5-7-14(9-13)17-3/h5-7,9,12,15-16H,4,8,10-11H2,1-3H3. The molecule has 0 radical (unpaired) electrons. The average molecular weight is 236 g/mol. The number of nitrogens with one attached hydrogen (secondary N) is 2. The van der Waals surface area contributed by atoms with Crippen LogP contribution in [0, 0.1) is 0 Å². The highest BCUT2D eigenvalue weighted by Crippen LogP contribution is 2.12. The third kappa shape index (κ3) is 5.71. The number of ether oxygens (including phenoxy) is 1. The molecule has 96 valence electrons. The van der Waals surface area contributed by atoms with Crippen molar-refractivity contribution in [2.45, 2.75) is 32.9 Å². The summed E-state index contributed by atoms with van der Waals surface area (Å²) in [5, 5.41) is 6.90. The van der Waals surface area contributed by atoms with E-state index >= 15 is 0 Å². The largest absolute Gasteiger partial charge is 0.497 e. The van der Waals surface area contributed by atoms with E-state index in [9.17, 15) is 0 Å². The summed E-state index contributed by atoms with van der Waals surface area (Å²) in [7, 11) is 1.70. The lowest BCUT2D eigenvalue weighted by molar-refractivity contribution is 0.413. The Morgan fingerprint density at radius 1 is 1.35 bits per heavy atom. The molecular formula is C14H24N2O. The predicted octanol–water partition coefficient (Wildman–Crippen LogP) is 2.17. The predicted molar refractivity (Wildman–Crippen MR) is 72.5 cm³/mol. The first kappa shape index (κ1) is 14.0. The van der Waals surface area contributed by atoms with Crippen LogP contribution in [0.5, 0.6) is 5.75 Å². The molecule has 0 aliphatic carbocycles. The van der Waals surface area contributed by atoms with Crippen LogP contribution in [0.3, 0.4) is 0 Å². The van der Waals surface area contributed by atoms with Gasteiger partial charge in [-0.3, -0.25) is 0 Å². The molecule has 1 rings (SSSR count). The van der Waals surface area contributed by atoms with Gasteiger partial charge in [0.15, 0.2) is 0 Å². The van der Waals surface area contributed by atoms with Crippen LogP contribution in [0.4, 0.5) is 0 Å². The highest BCUT2D eigenvalue weighted by atomic mass is 16.5. The fraction of sp³-hybridized carbons (Fsp3) is 0.571. The van der Waals surface area contributed by atoms with Crippen LogP contribution in [0.1, 0.15) is 25.8 Å². The molecule has 0 aliphatic heterocycles. The molecule has 0 fully saturated rings. The van der Waals surface area contributed by atoms with Crippen molar-refractivity contribution >= 4 is 0 Å². The molecule has 3 nitrogen and oxygen atoms in total. The van der Waals surface area contributed by atoms with E-state index in [1.165, 1.54) is 12.0 Å². The van der Waals surface area contributed by atoms with Crippen LogP contribution in [0.15, 0.2) is 24.3 Å². The molecular weight excluding hydrogens is 212 g/mol. The Labute approximate surface area is 105 Å². The Morgan fingerprint density at radius 2 is 2.18 bits per heavy atom. The highest BCUT2D eigenvalue weighted by Gasteiger charge is 2.01. The zero-order valence-electron chi connectivity index (χ0n) is 11.1. The molecule has 2 N–H and O–H groups in total. The smallest absolute Gasteiger partial charge is 0.119 e. The van der Waals surface area contributed by atoms with Gasteiger partial charge in [-0.25, -0.2) is 0 Å². The van der Waals surface area contributed by atoms with Crippen LogP contribution in [-0.4, -0.2) is 26.2 Å². The molecule has 1 atom stereocenters. The molecule has 0 heterocycles. The topological polar surface area (TPSA) is 33.3 Å². The minimum Gasteiger partial charge on any atom is -0.497 e. The van der Waals surface area contributed by atoms with Gasteiger partial charge < -0.3 is 15.4 Å². The van der Waals surface area contributed by atoms with Gasteiger partial charge in [0.05, 0.1) is 7.11 Å². The van der Waals surface area contributed by atoms with Crippen LogP contribution in [-0.2, 0) is 6.54 Å². The highest BCUT2D eigenvalue weighted by molar-refractivity contribution is 5.28. The molecule has 0 amide bonds. The van der Waals surface area contributed by atoms with Crippen molar-refractivity contribution in [2.24, 2.45) is 0 Å². The summed E-state index contributed by atoms with van der Waals surface area (Å²) in [6, 6.07) is 8.65. The van der Waals surface area contributed by atoms with Crippen molar-refractivity contribution in [3.8, 4) is 5.75 Å². The Balaban J connectivity index is 2.28. The van der Waals surface area contributed by atoms with Gasteiger partial charge in [-0.1, -0.05) is 19.1 Å². The zero-order valence-corrected chi connectivity index (χ0v) is 11.1. The second-order valence-corrected chi connectivity index (χ2v) is 4.34. The Kier molecular flexibility index (Phi) is 6.67. The summed E-state index contributed by atoms with van der Waals surface area (Å²) < 4.78 is 5.20. The van der Waals surface area contributed by atoms with E-state index in [2.05, 4.69) is 36.6 Å². The minimum atomic E-state index is 0.479. The summed E-state index contributed by atoms with van der Waals surface area (Å²) in [5.41, 5.74) is 1.26. The van der Waals surface area contributed by atoms with Gasteiger partial charge >= 0.3 is 0 Å². The van der Waals surface area contributed by atoms with E-state index in [0.29, 0.717) is 6.04 Å². The number of hydrogen-bond acceptors (Lipinski definition) is 3. The average Bonchev–Trinajstić information content (AvgIpc) is 2.37. The molecule has 1 aromatic rings. The van der Waals surface area contributed by atoms with E-state index in [1.54, 1.807) is 7.11 Å². The fourth-order valence-corrected chi connectivity index (χ4v) is 1.64. The first-order valence-electron chi connectivity index (χ1n) is 6.33. The van der Waals surface area contributed by atoms with Gasteiger partial charge in [0.2, 0.25) is 0 Å². The molecule has 17 heavy (non-hydrogen) atoms. The van der Waals surface area contributed by atoms with Crippen LogP contribution in [0.2, 0.25) is 0 Å². The number of benzene rings is 1. The maximum absolute atomic E-state index is 5.20. The third-order valence-electron chi connectivity index (χ3n) is 2.67.